The Labute approximate surface area is 132 Å². The lowest BCUT2D eigenvalue weighted by Crippen LogP contribution is -2.52. The molecule has 0 saturated heterocycles. The van der Waals surface area contributed by atoms with Gasteiger partial charge in [0.05, 0.1) is 12.1 Å². The third-order valence-corrected chi connectivity index (χ3v) is 3.91. The van der Waals surface area contributed by atoms with Crippen LogP contribution in [0.25, 0.3) is 0 Å². The number of nitrogens with one attached hydrogen (secondary N) is 1. The van der Waals surface area contributed by atoms with E-state index in [1.54, 1.807) is 0 Å². The number of carbonyl (C=O) groups excluding carboxylic acids is 1. The summed E-state index contributed by atoms with van der Waals surface area (Å²) >= 11 is 0. The number of nitrogens with two attached hydrogens (primary N) is 1. The molecule has 1 fully saturated rings. The van der Waals surface area contributed by atoms with Gasteiger partial charge in [0.1, 0.15) is 5.75 Å². The van der Waals surface area contributed by atoms with Crippen molar-refractivity contribution in [3.05, 3.63) is 29.8 Å². The quantitative estimate of drug-likeness (QED) is 0.794. The van der Waals surface area contributed by atoms with Crippen molar-refractivity contribution in [1.82, 2.24) is 5.32 Å². The van der Waals surface area contributed by atoms with E-state index in [-0.39, 0.29) is 18.3 Å². The second kappa shape index (κ2) is 8.25. The summed E-state index contributed by atoms with van der Waals surface area (Å²) in [5, 5.41) is 2.92. The molecule has 0 aromatic heterocycles. The van der Waals surface area contributed by atoms with Crippen LogP contribution < -0.4 is 15.8 Å². The lowest BCUT2D eigenvalue weighted by atomic mass is 9.98. The molecule has 0 unspecified atom stereocenters. The summed E-state index contributed by atoms with van der Waals surface area (Å²) in [6, 6.07) is 7.93. The van der Waals surface area contributed by atoms with Gasteiger partial charge in [-0.05, 0) is 37.8 Å². The van der Waals surface area contributed by atoms with Crippen molar-refractivity contribution in [2.45, 2.75) is 44.6 Å². The van der Waals surface area contributed by atoms with E-state index in [0.717, 1.165) is 43.4 Å². The van der Waals surface area contributed by atoms with Gasteiger partial charge in [0.15, 0.2) is 0 Å². The zero-order valence-electron chi connectivity index (χ0n) is 12.6. The Balaban J connectivity index is 0.00000220. The summed E-state index contributed by atoms with van der Waals surface area (Å²) in [5.74, 6) is 0.899. The number of rotatable bonds is 6. The number of aryl methyl sites for hydroxylation is 1. The summed E-state index contributed by atoms with van der Waals surface area (Å²) in [5.41, 5.74) is 6.59. The molecule has 21 heavy (non-hydrogen) atoms. The minimum Gasteiger partial charge on any atom is -0.493 e. The first-order valence-electron chi connectivity index (χ1n) is 7.37. The number of para-hydroxylation sites is 1. The molecule has 0 atom stereocenters. The van der Waals surface area contributed by atoms with Crippen molar-refractivity contribution < 1.29 is 9.53 Å². The Kier molecular flexibility index (Phi) is 6.99. The molecule has 1 amide bonds. The predicted octanol–water partition coefficient (Wildman–Crippen LogP) is 2.57. The summed E-state index contributed by atoms with van der Waals surface area (Å²) in [6.45, 7) is 3.24. The maximum atomic E-state index is 12.0. The van der Waals surface area contributed by atoms with Gasteiger partial charge in [0.25, 0.3) is 0 Å². The highest BCUT2D eigenvalue weighted by Crippen LogP contribution is 2.27. The van der Waals surface area contributed by atoms with Crippen molar-refractivity contribution >= 4 is 18.3 Å². The lowest BCUT2D eigenvalue weighted by Gasteiger charge is -2.22. The molecule has 0 bridgehead atoms. The third-order valence-electron chi connectivity index (χ3n) is 3.91. The van der Waals surface area contributed by atoms with Gasteiger partial charge in [0, 0.05) is 6.54 Å². The highest BCUT2D eigenvalue weighted by molar-refractivity contribution is 5.86. The second-order valence-corrected chi connectivity index (χ2v) is 5.59. The summed E-state index contributed by atoms with van der Waals surface area (Å²) in [6.07, 6.45) is 4.51. The zero-order valence-corrected chi connectivity index (χ0v) is 13.4. The van der Waals surface area contributed by atoms with Crippen LogP contribution in [0.4, 0.5) is 0 Å². The van der Waals surface area contributed by atoms with E-state index >= 15 is 0 Å². The monoisotopic (exact) mass is 312 g/mol. The maximum absolute atomic E-state index is 12.0. The van der Waals surface area contributed by atoms with Crippen LogP contribution in [0, 0.1) is 6.92 Å². The van der Waals surface area contributed by atoms with E-state index in [2.05, 4.69) is 5.32 Å². The van der Waals surface area contributed by atoms with Gasteiger partial charge in [-0.3, -0.25) is 4.79 Å². The number of halogens is 1. The van der Waals surface area contributed by atoms with Gasteiger partial charge in [-0.2, -0.15) is 0 Å². The fourth-order valence-corrected chi connectivity index (χ4v) is 2.58. The summed E-state index contributed by atoms with van der Waals surface area (Å²) < 4.78 is 5.69. The first-order valence-corrected chi connectivity index (χ1v) is 7.37. The van der Waals surface area contributed by atoms with Crippen molar-refractivity contribution in [3.8, 4) is 5.75 Å². The van der Waals surface area contributed by atoms with Crippen LogP contribution in [-0.2, 0) is 4.79 Å². The lowest BCUT2D eigenvalue weighted by molar-refractivity contribution is -0.126. The fourth-order valence-electron chi connectivity index (χ4n) is 2.58. The van der Waals surface area contributed by atoms with Crippen molar-refractivity contribution in [2.75, 3.05) is 13.2 Å². The standard InChI is InChI=1S/C16H24N2O2.ClH/c1-13-7-2-3-8-14(13)20-12-6-11-18-15(19)16(17)9-4-5-10-16;/h2-3,7-8H,4-6,9-12,17H2,1H3,(H,18,19);1H. The minimum atomic E-state index is -0.628. The Hall–Kier alpha value is -1.26. The minimum absolute atomic E-state index is 0. The van der Waals surface area contributed by atoms with Crippen molar-refractivity contribution in [2.24, 2.45) is 5.73 Å². The van der Waals surface area contributed by atoms with Crippen LogP contribution in [0.3, 0.4) is 0 Å². The number of amides is 1. The van der Waals surface area contributed by atoms with Crippen LogP contribution in [0.1, 0.15) is 37.7 Å². The Morgan fingerprint density at radius 1 is 1.33 bits per heavy atom. The normalized spacial score (nSPS) is 16.1. The van der Waals surface area contributed by atoms with E-state index in [1.165, 1.54) is 0 Å². The summed E-state index contributed by atoms with van der Waals surface area (Å²) in [7, 11) is 0. The fraction of sp³-hybridized carbons (Fsp3) is 0.562. The molecule has 0 radical (unpaired) electrons. The number of benzene rings is 1. The van der Waals surface area contributed by atoms with E-state index in [1.807, 2.05) is 31.2 Å². The highest BCUT2D eigenvalue weighted by Gasteiger charge is 2.36. The molecule has 0 heterocycles. The molecule has 1 aromatic carbocycles. The van der Waals surface area contributed by atoms with Gasteiger partial charge in [-0.25, -0.2) is 0 Å². The van der Waals surface area contributed by atoms with Crippen LogP contribution >= 0.6 is 12.4 Å². The molecule has 5 heteroatoms. The van der Waals surface area contributed by atoms with E-state index in [0.29, 0.717) is 13.2 Å². The van der Waals surface area contributed by atoms with E-state index in [4.69, 9.17) is 10.5 Å². The molecular formula is C16H25ClN2O2. The Bertz CT molecular complexity index is 459. The van der Waals surface area contributed by atoms with Crippen LogP contribution in [0.2, 0.25) is 0 Å². The van der Waals surface area contributed by atoms with Crippen LogP contribution in [0.15, 0.2) is 24.3 Å². The Morgan fingerprint density at radius 3 is 2.67 bits per heavy atom. The number of ether oxygens (including phenoxy) is 1. The molecule has 3 N–H and O–H groups in total. The molecule has 1 saturated carbocycles. The average molecular weight is 313 g/mol. The smallest absolute Gasteiger partial charge is 0.240 e. The maximum Gasteiger partial charge on any atom is 0.240 e. The third kappa shape index (κ3) is 4.90. The average Bonchev–Trinajstić information content (AvgIpc) is 2.88. The topological polar surface area (TPSA) is 64.3 Å². The van der Waals surface area contributed by atoms with Gasteiger partial charge in [-0.15, -0.1) is 12.4 Å². The van der Waals surface area contributed by atoms with Crippen molar-refractivity contribution in [1.29, 1.82) is 0 Å². The predicted molar refractivity (Wildman–Crippen MR) is 86.9 cm³/mol. The highest BCUT2D eigenvalue weighted by atomic mass is 35.5. The number of hydrogen-bond acceptors (Lipinski definition) is 3. The largest absolute Gasteiger partial charge is 0.493 e. The molecule has 118 valence electrons. The van der Waals surface area contributed by atoms with E-state index < -0.39 is 5.54 Å². The molecular weight excluding hydrogens is 288 g/mol. The number of hydrogen-bond donors (Lipinski definition) is 2. The molecule has 1 aromatic rings. The zero-order chi connectivity index (χ0) is 14.4. The van der Waals surface area contributed by atoms with Gasteiger partial charge >= 0.3 is 0 Å². The van der Waals surface area contributed by atoms with Crippen LogP contribution in [0.5, 0.6) is 5.75 Å². The molecule has 0 aliphatic heterocycles. The number of carbonyl (C=O) groups is 1. The molecule has 2 rings (SSSR count). The molecule has 1 aliphatic rings. The van der Waals surface area contributed by atoms with Gasteiger partial charge in [0.2, 0.25) is 5.91 Å². The summed E-state index contributed by atoms with van der Waals surface area (Å²) in [4.78, 5) is 12.0. The molecule has 0 spiro atoms. The SMILES string of the molecule is Cc1ccccc1OCCCNC(=O)C1(N)CCCC1.Cl. The first-order chi connectivity index (χ1) is 9.62. The van der Waals surface area contributed by atoms with Crippen LogP contribution in [-0.4, -0.2) is 24.6 Å². The van der Waals surface area contributed by atoms with Gasteiger partial charge < -0.3 is 15.8 Å². The van der Waals surface area contributed by atoms with Crippen molar-refractivity contribution in [3.63, 3.8) is 0 Å². The Morgan fingerprint density at radius 2 is 2.00 bits per heavy atom. The molecule has 1 aliphatic carbocycles. The second-order valence-electron chi connectivity index (χ2n) is 5.59. The molecule has 4 nitrogen and oxygen atoms in total. The van der Waals surface area contributed by atoms with E-state index in [9.17, 15) is 4.79 Å². The first kappa shape index (κ1) is 17.8. The van der Waals surface area contributed by atoms with Gasteiger partial charge in [-0.1, -0.05) is 31.0 Å².